The van der Waals surface area contributed by atoms with E-state index in [2.05, 4.69) is 10.1 Å². The maximum Gasteiger partial charge on any atom is 0.227 e. The molecular formula is C14H16N4O2. The highest BCUT2D eigenvalue weighted by Gasteiger charge is 2.29. The van der Waals surface area contributed by atoms with Gasteiger partial charge in [-0.25, -0.2) is 9.67 Å². The summed E-state index contributed by atoms with van der Waals surface area (Å²) in [6, 6.07) is 7.83. The van der Waals surface area contributed by atoms with Crippen molar-refractivity contribution in [2.75, 3.05) is 18.1 Å². The lowest BCUT2D eigenvalue weighted by Gasteiger charge is -2.16. The summed E-state index contributed by atoms with van der Waals surface area (Å²) < 4.78 is 1.75. The lowest BCUT2D eigenvalue weighted by atomic mass is 10.1. The number of anilines is 1. The van der Waals surface area contributed by atoms with Gasteiger partial charge in [0.05, 0.1) is 6.54 Å². The van der Waals surface area contributed by atoms with Gasteiger partial charge in [-0.2, -0.15) is 5.10 Å². The molecule has 0 spiro atoms. The third-order valence-corrected chi connectivity index (χ3v) is 3.52. The predicted molar refractivity (Wildman–Crippen MR) is 73.1 cm³/mol. The number of hydrogen-bond donors (Lipinski definition) is 1. The number of carbonyl (C=O) groups is 1. The SMILES string of the molecule is O=C1CC(CO)CN1c1ccc(Cn2cncn2)cc1. The zero-order valence-electron chi connectivity index (χ0n) is 11.0. The molecule has 1 amide bonds. The first-order valence-electron chi connectivity index (χ1n) is 6.59. The number of benzene rings is 1. The molecule has 1 aromatic carbocycles. The molecule has 104 valence electrons. The maximum atomic E-state index is 11.9. The molecule has 6 nitrogen and oxygen atoms in total. The lowest BCUT2D eigenvalue weighted by molar-refractivity contribution is -0.117. The van der Waals surface area contributed by atoms with Crippen molar-refractivity contribution in [3.05, 3.63) is 42.5 Å². The van der Waals surface area contributed by atoms with Crippen LogP contribution in [0.1, 0.15) is 12.0 Å². The zero-order chi connectivity index (χ0) is 13.9. The van der Waals surface area contributed by atoms with Crippen LogP contribution in [-0.4, -0.2) is 38.9 Å². The van der Waals surface area contributed by atoms with Crippen LogP contribution >= 0.6 is 0 Å². The van der Waals surface area contributed by atoms with Gasteiger partial charge < -0.3 is 10.0 Å². The number of aromatic nitrogens is 3. The molecule has 0 bridgehead atoms. The molecule has 20 heavy (non-hydrogen) atoms. The van der Waals surface area contributed by atoms with Gasteiger partial charge in [0.15, 0.2) is 0 Å². The van der Waals surface area contributed by atoms with Gasteiger partial charge in [0.25, 0.3) is 0 Å². The average Bonchev–Trinajstić information content (AvgIpc) is 3.09. The van der Waals surface area contributed by atoms with Crippen LogP contribution in [0.25, 0.3) is 0 Å². The van der Waals surface area contributed by atoms with E-state index in [0.717, 1.165) is 11.3 Å². The number of hydrogen-bond acceptors (Lipinski definition) is 4. The number of carbonyl (C=O) groups excluding carboxylic acids is 1. The topological polar surface area (TPSA) is 71.2 Å². The highest BCUT2D eigenvalue weighted by atomic mass is 16.3. The standard InChI is InChI=1S/C14H16N4O2/c19-8-12-5-14(20)18(7-12)13-3-1-11(2-4-13)6-17-10-15-9-16-17/h1-4,9-10,12,19H,5-8H2. The monoisotopic (exact) mass is 272 g/mol. The fourth-order valence-electron chi connectivity index (χ4n) is 2.44. The van der Waals surface area contributed by atoms with E-state index in [9.17, 15) is 4.79 Å². The van der Waals surface area contributed by atoms with Crippen molar-refractivity contribution < 1.29 is 9.90 Å². The van der Waals surface area contributed by atoms with Crippen molar-refractivity contribution in [1.29, 1.82) is 0 Å². The Labute approximate surface area is 116 Å². The van der Waals surface area contributed by atoms with E-state index in [-0.39, 0.29) is 18.4 Å². The lowest BCUT2D eigenvalue weighted by Crippen LogP contribution is -2.24. The predicted octanol–water partition coefficient (Wildman–Crippen LogP) is 0.672. The van der Waals surface area contributed by atoms with Gasteiger partial charge in [-0.1, -0.05) is 12.1 Å². The van der Waals surface area contributed by atoms with E-state index >= 15 is 0 Å². The van der Waals surface area contributed by atoms with Gasteiger partial charge in [0.2, 0.25) is 5.91 Å². The van der Waals surface area contributed by atoms with Crippen molar-refractivity contribution in [1.82, 2.24) is 14.8 Å². The van der Waals surface area contributed by atoms with E-state index < -0.39 is 0 Å². The number of aliphatic hydroxyl groups is 1. The van der Waals surface area contributed by atoms with Crippen molar-refractivity contribution in [3.63, 3.8) is 0 Å². The summed E-state index contributed by atoms with van der Waals surface area (Å²) in [5.74, 6) is 0.130. The van der Waals surface area contributed by atoms with Crippen LogP contribution in [0.4, 0.5) is 5.69 Å². The van der Waals surface area contributed by atoms with Crippen LogP contribution in [0.5, 0.6) is 0 Å². The van der Waals surface area contributed by atoms with Crippen molar-refractivity contribution in [3.8, 4) is 0 Å². The summed E-state index contributed by atoms with van der Waals surface area (Å²) in [5, 5.41) is 13.2. The number of aliphatic hydroxyl groups excluding tert-OH is 1. The number of amides is 1. The molecule has 6 heteroatoms. The van der Waals surface area contributed by atoms with Gasteiger partial charge in [-0.15, -0.1) is 0 Å². The van der Waals surface area contributed by atoms with Crippen LogP contribution in [0.15, 0.2) is 36.9 Å². The average molecular weight is 272 g/mol. The quantitative estimate of drug-likeness (QED) is 0.888. The minimum Gasteiger partial charge on any atom is -0.396 e. The molecule has 1 aliphatic heterocycles. The van der Waals surface area contributed by atoms with Gasteiger partial charge >= 0.3 is 0 Å². The first-order valence-corrected chi connectivity index (χ1v) is 6.59. The van der Waals surface area contributed by atoms with Crippen molar-refractivity contribution in [2.45, 2.75) is 13.0 Å². The first-order chi connectivity index (χ1) is 9.76. The highest BCUT2D eigenvalue weighted by molar-refractivity contribution is 5.95. The van der Waals surface area contributed by atoms with Crippen LogP contribution in [0, 0.1) is 5.92 Å². The second-order valence-electron chi connectivity index (χ2n) is 5.02. The molecule has 1 unspecified atom stereocenters. The molecule has 0 radical (unpaired) electrons. The summed E-state index contributed by atoms with van der Waals surface area (Å²) >= 11 is 0. The van der Waals surface area contributed by atoms with E-state index in [4.69, 9.17) is 5.11 Å². The largest absolute Gasteiger partial charge is 0.396 e. The Bertz CT molecular complexity index is 580. The normalized spacial score (nSPS) is 18.8. The maximum absolute atomic E-state index is 11.9. The Kier molecular flexibility index (Phi) is 3.47. The number of rotatable bonds is 4. The van der Waals surface area contributed by atoms with Crippen LogP contribution in [-0.2, 0) is 11.3 Å². The summed E-state index contributed by atoms with van der Waals surface area (Å²) in [6.07, 6.45) is 3.60. The summed E-state index contributed by atoms with van der Waals surface area (Å²) in [6.45, 7) is 1.32. The number of nitrogens with zero attached hydrogens (tertiary/aromatic N) is 4. The molecule has 1 aromatic heterocycles. The molecule has 1 N–H and O–H groups in total. The summed E-state index contributed by atoms with van der Waals surface area (Å²) in [5.41, 5.74) is 1.98. The van der Waals surface area contributed by atoms with Crippen LogP contribution in [0.2, 0.25) is 0 Å². The first kappa shape index (κ1) is 12.8. The Morgan fingerprint density at radius 2 is 2.10 bits per heavy atom. The van der Waals surface area contributed by atoms with Gasteiger partial charge in [-0.3, -0.25) is 4.79 Å². The summed E-state index contributed by atoms with van der Waals surface area (Å²) in [4.78, 5) is 17.5. The third-order valence-electron chi connectivity index (χ3n) is 3.52. The Morgan fingerprint density at radius 3 is 2.70 bits per heavy atom. The molecule has 1 fully saturated rings. The third kappa shape index (κ3) is 2.55. The molecule has 1 saturated heterocycles. The molecule has 2 heterocycles. The summed E-state index contributed by atoms with van der Waals surface area (Å²) in [7, 11) is 0. The van der Waals surface area contributed by atoms with Crippen molar-refractivity contribution in [2.24, 2.45) is 5.92 Å². The molecule has 1 aliphatic rings. The molecule has 3 rings (SSSR count). The van der Waals surface area contributed by atoms with E-state index in [1.807, 2.05) is 24.3 Å². The Hall–Kier alpha value is -2.21. The van der Waals surface area contributed by atoms with E-state index in [1.165, 1.54) is 6.33 Å². The Balaban J connectivity index is 1.71. The molecule has 1 atom stereocenters. The molecule has 0 aliphatic carbocycles. The zero-order valence-corrected chi connectivity index (χ0v) is 11.0. The minimum absolute atomic E-state index is 0.0531. The minimum atomic E-state index is 0.0531. The van der Waals surface area contributed by atoms with Crippen LogP contribution < -0.4 is 4.90 Å². The molecular weight excluding hydrogens is 256 g/mol. The van der Waals surface area contributed by atoms with Crippen molar-refractivity contribution >= 4 is 11.6 Å². The van der Waals surface area contributed by atoms with Crippen LogP contribution in [0.3, 0.4) is 0 Å². The fraction of sp³-hybridized carbons (Fsp3) is 0.357. The van der Waals surface area contributed by atoms with Gasteiger partial charge in [-0.05, 0) is 17.7 Å². The molecule has 2 aromatic rings. The second kappa shape index (κ2) is 5.42. The smallest absolute Gasteiger partial charge is 0.227 e. The fourth-order valence-corrected chi connectivity index (χ4v) is 2.44. The Morgan fingerprint density at radius 1 is 1.30 bits per heavy atom. The van der Waals surface area contributed by atoms with E-state index in [0.29, 0.717) is 19.5 Å². The highest BCUT2D eigenvalue weighted by Crippen LogP contribution is 2.25. The second-order valence-corrected chi connectivity index (χ2v) is 5.02. The van der Waals surface area contributed by atoms with Gasteiger partial charge in [0.1, 0.15) is 12.7 Å². The van der Waals surface area contributed by atoms with Gasteiger partial charge in [0, 0.05) is 31.2 Å². The van der Waals surface area contributed by atoms with E-state index in [1.54, 1.807) is 15.9 Å². The molecule has 0 saturated carbocycles.